The lowest BCUT2D eigenvalue weighted by Gasteiger charge is -2.21. The summed E-state index contributed by atoms with van der Waals surface area (Å²) in [7, 11) is -9.90. The van der Waals surface area contributed by atoms with E-state index in [0.29, 0.717) is 25.7 Å². The maximum atomic E-state index is 13.0. The second-order valence-corrected chi connectivity index (χ2v) is 30.7. The molecule has 5 unspecified atom stereocenters. The van der Waals surface area contributed by atoms with Crippen LogP contribution in [0.25, 0.3) is 0 Å². The molecule has 0 heterocycles. The van der Waals surface area contributed by atoms with Gasteiger partial charge in [-0.2, -0.15) is 0 Å². The monoisotopic (exact) mass is 1350 g/mol. The zero-order valence-corrected chi connectivity index (χ0v) is 62.0. The van der Waals surface area contributed by atoms with E-state index in [1.807, 2.05) is 0 Å². The normalized spacial score (nSPS) is 14.8. The quantitative estimate of drug-likeness (QED) is 0.0222. The maximum Gasteiger partial charge on any atom is 0.472 e. The van der Waals surface area contributed by atoms with Crippen LogP contribution in [-0.2, 0) is 65.4 Å². The molecule has 7 atom stereocenters. The first-order valence-electron chi connectivity index (χ1n) is 37.8. The molecule has 546 valence electrons. The Balaban J connectivity index is 5.14. The van der Waals surface area contributed by atoms with Gasteiger partial charge < -0.3 is 33.8 Å². The zero-order valence-electron chi connectivity index (χ0n) is 60.2. The number of carbonyl (C=O) groups excluding carboxylic acids is 4. The van der Waals surface area contributed by atoms with Crippen molar-refractivity contribution in [2.24, 2.45) is 23.7 Å². The first kappa shape index (κ1) is 90.1. The van der Waals surface area contributed by atoms with Crippen molar-refractivity contribution in [3.8, 4) is 0 Å². The number of carbonyl (C=O) groups is 4. The van der Waals surface area contributed by atoms with Gasteiger partial charge in [-0.3, -0.25) is 37.3 Å². The van der Waals surface area contributed by atoms with Crippen molar-refractivity contribution in [3.63, 3.8) is 0 Å². The molecule has 0 aliphatic heterocycles. The first-order valence-corrected chi connectivity index (χ1v) is 40.8. The SMILES string of the molecule is CCC(C)CCCCCCCCC(=O)O[C@H](COC(=O)CCCCCCCCCCCCCCCCCCCCC(C)C)COP(=O)(O)OCC(O)COP(=O)(O)OC[C@@H](COC(=O)CCCCCCCCCCC(C)C)OC(=O)CCCCCCCCC(C)CC. The average molecular weight is 1350 g/mol. The molecule has 0 saturated carbocycles. The Bertz CT molecular complexity index is 1820. The van der Waals surface area contributed by atoms with Crippen molar-refractivity contribution in [3.05, 3.63) is 0 Å². The van der Waals surface area contributed by atoms with E-state index in [1.54, 1.807) is 0 Å². The lowest BCUT2D eigenvalue weighted by Crippen LogP contribution is -2.30. The van der Waals surface area contributed by atoms with Crippen molar-refractivity contribution < 1.29 is 80.2 Å². The highest BCUT2D eigenvalue weighted by Crippen LogP contribution is 2.45. The third-order valence-electron chi connectivity index (χ3n) is 17.5. The summed E-state index contributed by atoms with van der Waals surface area (Å²) in [6.45, 7) is 14.1. The van der Waals surface area contributed by atoms with E-state index in [0.717, 1.165) is 114 Å². The third-order valence-corrected chi connectivity index (χ3v) is 19.4. The first-order chi connectivity index (χ1) is 44.2. The molecule has 0 spiro atoms. The molecule has 92 heavy (non-hydrogen) atoms. The standard InChI is InChI=1S/C73H142O17P2/c1-9-65(7)51-43-35-29-31-39-47-55-72(77)89-68(59-83-70(75)53-45-37-27-22-20-18-16-14-12-11-13-15-17-19-21-25-33-41-49-63(3)4)61-87-91(79,80)85-57-67(74)58-86-92(81,82)88-62-69(90-73(78)56-48-40-32-30-36-44-52-66(8)10-2)60-84-71(76)54-46-38-28-24-23-26-34-42-50-64(5)6/h63-69,74H,9-62H2,1-8H3,(H,79,80)(H,81,82)/t65?,66?,67?,68-,69-/m1/s1. The molecule has 0 aliphatic rings. The van der Waals surface area contributed by atoms with Crippen LogP contribution in [-0.4, -0.2) is 96.7 Å². The van der Waals surface area contributed by atoms with Crippen LogP contribution in [0.4, 0.5) is 0 Å². The minimum Gasteiger partial charge on any atom is -0.462 e. The molecule has 0 aromatic heterocycles. The van der Waals surface area contributed by atoms with E-state index in [4.69, 9.17) is 37.0 Å². The van der Waals surface area contributed by atoms with Crippen molar-refractivity contribution in [1.29, 1.82) is 0 Å². The third kappa shape index (κ3) is 64.1. The van der Waals surface area contributed by atoms with Crippen LogP contribution in [0.15, 0.2) is 0 Å². The van der Waals surface area contributed by atoms with Crippen LogP contribution in [0.5, 0.6) is 0 Å². The summed E-state index contributed by atoms with van der Waals surface area (Å²) in [6, 6.07) is 0. The number of rotatable bonds is 70. The Morgan fingerprint density at radius 3 is 0.772 bits per heavy atom. The highest BCUT2D eigenvalue weighted by molar-refractivity contribution is 7.47. The molecular weight excluding hydrogens is 1210 g/mol. The molecule has 17 nitrogen and oxygen atoms in total. The summed E-state index contributed by atoms with van der Waals surface area (Å²) in [5.41, 5.74) is 0. The van der Waals surface area contributed by atoms with Gasteiger partial charge in [-0.15, -0.1) is 0 Å². The molecule has 0 saturated heterocycles. The van der Waals surface area contributed by atoms with Gasteiger partial charge in [0, 0.05) is 25.7 Å². The fourth-order valence-electron chi connectivity index (χ4n) is 11.0. The minimum atomic E-state index is -4.95. The van der Waals surface area contributed by atoms with Crippen LogP contribution in [0.1, 0.15) is 364 Å². The van der Waals surface area contributed by atoms with Gasteiger partial charge in [-0.1, -0.05) is 312 Å². The van der Waals surface area contributed by atoms with Gasteiger partial charge in [-0.05, 0) is 49.4 Å². The van der Waals surface area contributed by atoms with E-state index in [-0.39, 0.29) is 25.7 Å². The number of ether oxygens (including phenoxy) is 4. The van der Waals surface area contributed by atoms with Crippen LogP contribution in [0, 0.1) is 23.7 Å². The summed E-state index contributed by atoms with van der Waals surface area (Å²) < 4.78 is 68.3. The molecule has 0 amide bonds. The van der Waals surface area contributed by atoms with Gasteiger partial charge in [0.2, 0.25) is 0 Å². The summed E-state index contributed by atoms with van der Waals surface area (Å²) >= 11 is 0. The summed E-state index contributed by atoms with van der Waals surface area (Å²) in [5, 5.41) is 10.6. The Kier molecular flexibility index (Phi) is 61.3. The van der Waals surface area contributed by atoms with Crippen LogP contribution < -0.4 is 0 Å². The number of esters is 4. The summed E-state index contributed by atoms with van der Waals surface area (Å²) in [4.78, 5) is 72.6. The molecule has 0 aromatic carbocycles. The van der Waals surface area contributed by atoms with E-state index in [1.165, 1.54) is 167 Å². The molecule has 19 heteroatoms. The van der Waals surface area contributed by atoms with Crippen molar-refractivity contribution in [2.75, 3.05) is 39.6 Å². The maximum absolute atomic E-state index is 13.0. The Hall–Kier alpha value is -1.94. The molecule has 0 bridgehead atoms. The Morgan fingerprint density at radius 1 is 0.304 bits per heavy atom. The second-order valence-electron chi connectivity index (χ2n) is 27.8. The minimum absolute atomic E-state index is 0.102. The smallest absolute Gasteiger partial charge is 0.462 e. The van der Waals surface area contributed by atoms with Crippen LogP contribution in [0.3, 0.4) is 0 Å². The van der Waals surface area contributed by atoms with E-state index in [9.17, 15) is 43.2 Å². The molecule has 0 radical (unpaired) electrons. The molecule has 3 N–H and O–H groups in total. The number of hydrogen-bond donors (Lipinski definition) is 3. The zero-order chi connectivity index (χ0) is 68.2. The highest BCUT2D eigenvalue weighted by Gasteiger charge is 2.30. The van der Waals surface area contributed by atoms with Gasteiger partial charge in [0.25, 0.3) is 0 Å². The number of hydrogen-bond acceptors (Lipinski definition) is 15. The number of unbranched alkanes of at least 4 members (excludes halogenated alkanes) is 34. The molecule has 0 aliphatic carbocycles. The fourth-order valence-corrected chi connectivity index (χ4v) is 12.5. The van der Waals surface area contributed by atoms with Gasteiger partial charge in [0.15, 0.2) is 12.2 Å². The van der Waals surface area contributed by atoms with Crippen molar-refractivity contribution >= 4 is 39.5 Å². The Morgan fingerprint density at radius 2 is 0.522 bits per heavy atom. The molecule has 0 fully saturated rings. The van der Waals surface area contributed by atoms with Crippen LogP contribution >= 0.6 is 15.6 Å². The Labute approximate surface area is 562 Å². The molecular formula is C73H142O17P2. The largest absolute Gasteiger partial charge is 0.472 e. The lowest BCUT2D eigenvalue weighted by atomic mass is 10.00. The number of phosphoric acid groups is 2. The predicted octanol–water partition coefficient (Wildman–Crippen LogP) is 20.9. The molecule has 0 aromatic rings. The second kappa shape index (κ2) is 62.6. The van der Waals surface area contributed by atoms with Crippen molar-refractivity contribution in [2.45, 2.75) is 382 Å². The van der Waals surface area contributed by atoms with E-state index in [2.05, 4.69) is 55.4 Å². The van der Waals surface area contributed by atoms with Gasteiger partial charge >= 0.3 is 39.5 Å². The van der Waals surface area contributed by atoms with E-state index < -0.39 is 97.5 Å². The van der Waals surface area contributed by atoms with Gasteiger partial charge in [0.05, 0.1) is 26.4 Å². The fraction of sp³-hybridized carbons (Fsp3) is 0.945. The van der Waals surface area contributed by atoms with Gasteiger partial charge in [-0.25, -0.2) is 9.13 Å². The summed E-state index contributed by atoms with van der Waals surface area (Å²) in [6.07, 6.45) is 46.2. The van der Waals surface area contributed by atoms with Crippen LogP contribution in [0.2, 0.25) is 0 Å². The summed E-state index contributed by atoms with van der Waals surface area (Å²) in [5.74, 6) is 0.857. The van der Waals surface area contributed by atoms with Gasteiger partial charge in [0.1, 0.15) is 19.3 Å². The topological polar surface area (TPSA) is 237 Å². The average Bonchev–Trinajstić information content (AvgIpc) is 2.90. The van der Waals surface area contributed by atoms with E-state index >= 15 is 0 Å². The highest BCUT2D eigenvalue weighted by atomic mass is 31.2. The number of aliphatic hydroxyl groups is 1. The van der Waals surface area contributed by atoms with Crippen molar-refractivity contribution in [1.82, 2.24) is 0 Å². The lowest BCUT2D eigenvalue weighted by molar-refractivity contribution is -0.161. The number of phosphoric ester groups is 2. The predicted molar refractivity (Wildman–Crippen MR) is 372 cm³/mol. The molecule has 0 rings (SSSR count). The number of aliphatic hydroxyl groups excluding tert-OH is 1.